The van der Waals surface area contributed by atoms with Gasteiger partial charge in [0.2, 0.25) is 5.91 Å². The van der Waals surface area contributed by atoms with Crippen molar-refractivity contribution in [3.8, 4) is 11.5 Å². The van der Waals surface area contributed by atoms with Crippen molar-refractivity contribution in [2.45, 2.75) is 26.2 Å². The molecule has 186 valence electrons. The van der Waals surface area contributed by atoms with Crippen molar-refractivity contribution >= 4 is 50.9 Å². The number of ketones is 1. The van der Waals surface area contributed by atoms with Crippen LogP contribution in [0.2, 0.25) is 0 Å². The molecule has 0 bridgehead atoms. The molecule has 3 aromatic carbocycles. The highest BCUT2D eigenvalue weighted by Gasteiger charge is 2.11. The lowest BCUT2D eigenvalue weighted by Crippen LogP contribution is -2.21. The standard InChI is InChI=1S/C27H25BrN2O6/c1-18(31)19-4-2-5-22(16-19)30-26(33)17-35-27(34)7-3-6-25(32)29-21-10-14-24(15-11-21)36-23-12-8-20(28)9-13-23/h2,4-5,8-16H,3,6-7,17H2,1H3,(H,29,32)(H,30,33). The summed E-state index contributed by atoms with van der Waals surface area (Å²) >= 11 is 3.37. The summed E-state index contributed by atoms with van der Waals surface area (Å²) < 4.78 is 11.7. The maximum absolute atomic E-state index is 12.2. The molecule has 0 aliphatic rings. The number of hydrogen-bond donors (Lipinski definition) is 2. The Balaban J connectivity index is 1.33. The number of Topliss-reactive ketones (excluding diaryl/α,β-unsaturated/α-hetero) is 1. The topological polar surface area (TPSA) is 111 Å². The van der Waals surface area contributed by atoms with Gasteiger partial charge in [-0.05, 0) is 74.0 Å². The van der Waals surface area contributed by atoms with Gasteiger partial charge in [-0.25, -0.2) is 0 Å². The number of ether oxygens (including phenoxy) is 2. The van der Waals surface area contributed by atoms with E-state index in [1.807, 2.05) is 24.3 Å². The van der Waals surface area contributed by atoms with E-state index in [1.165, 1.54) is 6.92 Å². The molecule has 0 aliphatic carbocycles. The van der Waals surface area contributed by atoms with E-state index >= 15 is 0 Å². The normalized spacial score (nSPS) is 10.3. The molecular weight excluding hydrogens is 528 g/mol. The molecule has 0 radical (unpaired) electrons. The summed E-state index contributed by atoms with van der Waals surface area (Å²) in [5.74, 6) is -0.133. The fraction of sp³-hybridized carbons (Fsp3) is 0.185. The Morgan fingerprint density at radius 2 is 1.42 bits per heavy atom. The van der Waals surface area contributed by atoms with Gasteiger partial charge < -0.3 is 20.1 Å². The SMILES string of the molecule is CC(=O)c1cccc(NC(=O)COC(=O)CCCC(=O)Nc2ccc(Oc3ccc(Br)cc3)cc2)c1. The molecule has 3 rings (SSSR count). The predicted octanol–water partition coefficient (Wildman–Crippen LogP) is 5.73. The van der Waals surface area contributed by atoms with Crippen molar-refractivity contribution in [3.05, 3.63) is 82.8 Å². The van der Waals surface area contributed by atoms with Crippen LogP contribution in [0.25, 0.3) is 0 Å². The van der Waals surface area contributed by atoms with Crippen LogP contribution in [0.1, 0.15) is 36.5 Å². The Bertz CT molecular complexity index is 1230. The fourth-order valence-electron chi connectivity index (χ4n) is 3.09. The van der Waals surface area contributed by atoms with Crippen LogP contribution >= 0.6 is 15.9 Å². The first-order valence-corrected chi connectivity index (χ1v) is 12.0. The van der Waals surface area contributed by atoms with Gasteiger partial charge in [-0.3, -0.25) is 19.2 Å². The number of anilines is 2. The predicted molar refractivity (Wildman–Crippen MR) is 139 cm³/mol. The highest BCUT2D eigenvalue weighted by atomic mass is 79.9. The van der Waals surface area contributed by atoms with Crippen molar-refractivity contribution in [1.29, 1.82) is 0 Å². The van der Waals surface area contributed by atoms with E-state index < -0.39 is 18.5 Å². The van der Waals surface area contributed by atoms with E-state index in [-0.39, 0.29) is 31.0 Å². The summed E-state index contributed by atoms with van der Waals surface area (Å²) in [6, 6.07) is 20.9. The first-order chi connectivity index (χ1) is 17.3. The molecule has 0 saturated carbocycles. The van der Waals surface area contributed by atoms with Gasteiger partial charge in [-0.15, -0.1) is 0 Å². The molecule has 0 heterocycles. The monoisotopic (exact) mass is 552 g/mol. The third-order valence-electron chi connectivity index (χ3n) is 4.89. The van der Waals surface area contributed by atoms with Crippen molar-refractivity contribution in [2.75, 3.05) is 17.2 Å². The van der Waals surface area contributed by atoms with Crippen LogP contribution in [-0.4, -0.2) is 30.2 Å². The Morgan fingerprint density at radius 3 is 2.08 bits per heavy atom. The number of benzene rings is 3. The van der Waals surface area contributed by atoms with Crippen LogP contribution in [0, 0.1) is 0 Å². The van der Waals surface area contributed by atoms with Gasteiger partial charge in [-0.1, -0.05) is 28.1 Å². The number of rotatable bonds is 11. The minimum atomic E-state index is -0.579. The van der Waals surface area contributed by atoms with Crippen molar-refractivity contribution in [1.82, 2.24) is 0 Å². The van der Waals surface area contributed by atoms with Gasteiger partial charge in [0.25, 0.3) is 5.91 Å². The van der Waals surface area contributed by atoms with E-state index in [1.54, 1.807) is 48.5 Å². The number of carbonyl (C=O) groups is 4. The van der Waals surface area contributed by atoms with Crippen molar-refractivity contribution < 1.29 is 28.7 Å². The van der Waals surface area contributed by atoms with E-state index in [2.05, 4.69) is 26.6 Å². The summed E-state index contributed by atoms with van der Waals surface area (Å²) in [5.41, 5.74) is 1.51. The lowest BCUT2D eigenvalue weighted by atomic mass is 10.1. The van der Waals surface area contributed by atoms with Gasteiger partial charge in [-0.2, -0.15) is 0 Å². The van der Waals surface area contributed by atoms with Crippen LogP contribution in [0.15, 0.2) is 77.3 Å². The maximum Gasteiger partial charge on any atom is 0.306 e. The Kier molecular flexibility index (Phi) is 9.76. The number of carbonyl (C=O) groups excluding carboxylic acids is 4. The molecule has 36 heavy (non-hydrogen) atoms. The zero-order chi connectivity index (χ0) is 25.9. The summed E-state index contributed by atoms with van der Waals surface area (Å²) in [7, 11) is 0. The first kappa shape index (κ1) is 26.6. The van der Waals surface area contributed by atoms with Crippen LogP contribution in [-0.2, 0) is 19.1 Å². The maximum atomic E-state index is 12.2. The third kappa shape index (κ3) is 8.99. The second-order valence-corrected chi connectivity index (χ2v) is 8.74. The lowest BCUT2D eigenvalue weighted by molar-refractivity contribution is -0.147. The summed E-state index contributed by atoms with van der Waals surface area (Å²) in [4.78, 5) is 47.4. The Morgan fingerprint density at radius 1 is 0.778 bits per heavy atom. The number of hydrogen-bond acceptors (Lipinski definition) is 6. The molecule has 2 amide bonds. The molecular formula is C27H25BrN2O6. The number of amides is 2. The highest BCUT2D eigenvalue weighted by molar-refractivity contribution is 9.10. The van der Waals surface area contributed by atoms with Gasteiger partial charge in [0.1, 0.15) is 11.5 Å². The second kappa shape index (κ2) is 13.2. The average Bonchev–Trinajstić information content (AvgIpc) is 2.85. The molecule has 2 N–H and O–H groups in total. The van der Waals surface area contributed by atoms with Gasteiger partial charge in [0.05, 0.1) is 0 Å². The first-order valence-electron chi connectivity index (χ1n) is 11.2. The zero-order valence-corrected chi connectivity index (χ0v) is 21.2. The van der Waals surface area contributed by atoms with E-state index in [0.717, 1.165) is 4.47 Å². The Labute approximate surface area is 217 Å². The molecule has 0 fully saturated rings. The highest BCUT2D eigenvalue weighted by Crippen LogP contribution is 2.24. The molecule has 9 heteroatoms. The summed E-state index contributed by atoms with van der Waals surface area (Å²) in [6.45, 7) is 0.976. The smallest absolute Gasteiger partial charge is 0.306 e. The van der Waals surface area contributed by atoms with Crippen LogP contribution < -0.4 is 15.4 Å². The molecule has 0 aliphatic heterocycles. The third-order valence-corrected chi connectivity index (χ3v) is 5.42. The van der Waals surface area contributed by atoms with E-state index in [0.29, 0.717) is 28.4 Å². The summed E-state index contributed by atoms with van der Waals surface area (Å²) in [6.07, 6.45) is 0.397. The minimum absolute atomic E-state index is 0.000486. The lowest BCUT2D eigenvalue weighted by Gasteiger charge is -2.09. The Hall–Kier alpha value is -3.98. The molecule has 0 unspecified atom stereocenters. The van der Waals surface area contributed by atoms with E-state index in [9.17, 15) is 19.2 Å². The zero-order valence-electron chi connectivity index (χ0n) is 19.6. The van der Waals surface area contributed by atoms with Crippen LogP contribution in [0.4, 0.5) is 11.4 Å². The van der Waals surface area contributed by atoms with E-state index in [4.69, 9.17) is 9.47 Å². The number of halogens is 1. The van der Waals surface area contributed by atoms with Gasteiger partial charge >= 0.3 is 5.97 Å². The molecule has 0 spiro atoms. The van der Waals surface area contributed by atoms with Crippen molar-refractivity contribution in [2.24, 2.45) is 0 Å². The number of nitrogens with one attached hydrogen (secondary N) is 2. The molecule has 3 aromatic rings. The fourth-order valence-corrected chi connectivity index (χ4v) is 3.36. The molecule has 0 saturated heterocycles. The summed E-state index contributed by atoms with van der Waals surface area (Å²) in [5, 5.41) is 5.33. The molecule has 0 aromatic heterocycles. The van der Waals surface area contributed by atoms with Crippen LogP contribution in [0.3, 0.4) is 0 Å². The average molecular weight is 553 g/mol. The number of esters is 1. The van der Waals surface area contributed by atoms with Crippen LogP contribution in [0.5, 0.6) is 11.5 Å². The quantitative estimate of drug-likeness (QED) is 0.232. The van der Waals surface area contributed by atoms with Gasteiger partial charge in [0.15, 0.2) is 12.4 Å². The largest absolute Gasteiger partial charge is 0.457 e. The minimum Gasteiger partial charge on any atom is -0.457 e. The van der Waals surface area contributed by atoms with Crippen molar-refractivity contribution in [3.63, 3.8) is 0 Å². The molecule has 0 atom stereocenters. The van der Waals surface area contributed by atoms with Gasteiger partial charge in [0, 0.05) is 34.3 Å². The second-order valence-electron chi connectivity index (χ2n) is 7.83. The molecule has 8 nitrogen and oxygen atoms in total.